The second-order valence-corrected chi connectivity index (χ2v) is 6.69. The van der Waals surface area contributed by atoms with E-state index in [-0.39, 0.29) is 0 Å². The Labute approximate surface area is 132 Å². The Morgan fingerprint density at radius 1 is 1.30 bits per heavy atom. The summed E-state index contributed by atoms with van der Waals surface area (Å²) in [5.74, 6) is 1.80. The van der Waals surface area contributed by atoms with E-state index in [1.165, 1.54) is 17.5 Å². The molecule has 0 aliphatic carbocycles. The van der Waals surface area contributed by atoms with Gasteiger partial charge in [0.15, 0.2) is 0 Å². The normalized spacial score (nSPS) is 11.1. The number of ether oxygens (including phenoxy) is 1. The van der Waals surface area contributed by atoms with E-state index >= 15 is 0 Å². The molecule has 0 radical (unpaired) electrons. The van der Waals surface area contributed by atoms with Crippen molar-refractivity contribution in [3.8, 4) is 5.75 Å². The Bertz CT molecular complexity index is 404. The van der Waals surface area contributed by atoms with Crippen LogP contribution in [0.15, 0.2) is 16.6 Å². The monoisotopic (exact) mass is 341 g/mol. The summed E-state index contributed by atoms with van der Waals surface area (Å²) in [6.45, 7) is 11.5. The fraction of sp³-hybridized carbons (Fsp3) is 0.647. The van der Waals surface area contributed by atoms with Crippen LogP contribution in [0.2, 0.25) is 0 Å². The van der Waals surface area contributed by atoms with Gasteiger partial charge in [-0.15, -0.1) is 0 Å². The highest BCUT2D eigenvalue weighted by molar-refractivity contribution is 9.10. The Morgan fingerprint density at radius 2 is 2.05 bits per heavy atom. The molecule has 2 nitrogen and oxygen atoms in total. The Balaban J connectivity index is 2.65. The van der Waals surface area contributed by atoms with Crippen molar-refractivity contribution in [1.29, 1.82) is 0 Å². The summed E-state index contributed by atoms with van der Waals surface area (Å²) in [6, 6.07) is 4.29. The second-order valence-electron chi connectivity index (χ2n) is 5.77. The molecule has 0 spiro atoms. The zero-order chi connectivity index (χ0) is 15.0. The fourth-order valence-corrected chi connectivity index (χ4v) is 2.82. The maximum atomic E-state index is 6.04. The van der Waals surface area contributed by atoms with Crippen LogP contribution < -0.4 is 10.1 Å². The molecule has 0 heterocycles. The molecule has 0 aliphatic rings. The summed E-state index contributed by atoms with van der Waals surface area (Å²) in [5.41, 5.74) is 2.45. The first-order valence-electron chi connectivity index (χ1n) is 7.67. The molecule has 1 aromatic carbocycles. The zero-order valence-electron chi connectivity index (χ0n) is 13.3. The number of aryl methyl sites for hydroxylation is 1. The first-order chi connectivity index (χ1) is 9.54. The van der Waals surface area contributed by atoms with Gasteiger partial charge >= 0.3 is 0 Å². The SMILES string of the molecule is CCCNCc1cc(Br)cc(C)c1OCCCC(C)C. The van der Waals surface area contributed by atoms with Crippen LogP contribution in [0.3, 0.4) is 0 Å². The van der Waals surface area contributed by atoms with Crippen molar-refractivity contribution in [2.75, 3.05) is 13.2 Å². The number of nitrogens with one attached hydrogen (secondary N) is 1. The van der Waals surface area contributed by atoms with Crippen molar-refractivity contribution in [2.24, 2.45) is 5.92 Å². The third-order valence-corrected chi connectivity index (χ3v) is 3.69. The van der Waals surface area contributed by atoms with Crippen molar-refractivity contribution >= 4 is 15.9 Å². The van der Waals surface area contributed by atoms with Gasteiger partial charge < -0.3 is 10.1 Å². The maximum absolute atomic E-state index is 6.04. The third-order valence-electron chi connectivity index (χ3n) is 3.23. The molecular formula is C17H28BrNO. The van der Waals surface area contributed by atoms with Gasteiger partial charge in [-0.3, -0.25) is 0 Å². The van der Waals surface area contributed by atoms with Gasteiger partial charge in [0.05, 0.1) is 6.61 Å². The molecule has 0 atom stereocenters. The molecular weight excluding hydrogens is 314 g/mol. The fourth-order valence-electron chi connectivity index (χ4n) is 2.20. The van der Waals surface area contributed by atoms with Gasteiger partial charge in [0.25, 0.3) is 0 Å². The van der Waals surface area contributed by atoms with Crippen LogP contribution in [0.5, 0.6) is 5.75 Å². The topological polar surface area (TPSA) is 21.3 Å². The van der Waals surface area contributed by atoms with Crippen LogP contribution in [0.4, 0.5) is 0 Å². The summed E-state index contributed by atoms with van der Waals surface area (Å²) >= 11 is 3.57. The van der Waals surface area contributed by atoms with E-state index in [0.717, 1.165) is 48.7 Å². The number of halogens is 1. The summed E-state index contributed by atoms with van der Waals surface area (Å²) in [6.07, 6.45) is 3.49. The number of hydrogen-bond acceptors (Lipinski definition) is 2. The van der Waals surface area contributed by atoms with Gasteiger partial charge in [0.1, 0.15) is 5.75 Å². The van der Waals surface area contributed by atoms with Crippen LogP contribution in [0.1, 0.15) is 51.2 Å². The lowest BCUT2D eigenvalue weighted by molar-refractivity contribution is 0.292. The quantitative estimate of drug-likeness (QED) is 0.633. The minimum absolute atomic E-state index is 0.746. The Morgan fingerprint density at radius 3 is 2.70 bits per heavy atom. The molecule has 0 saturated carbocycles. The second kappa shape index (κ2) is 9.41. The van der Waals surface area contributed by atoms with Gasteiger partial charge in [0, 0.05) is 16.6 Å². The summed E-state index contributed by atoms with van der Waals surface area (Å²) < 4.78 is 7.17. The van der Waals surface area contributed by atoms with Crippen LogP contribution in [0.25, 0.3) is 0 Å². The van der Waals surface area contributed by atoms with E-state index in [0.29, 0.717) is 0 Å². The molecule has 20 heavy (non-hydrogen) atoms. The first-order valence-corrected chi connectivity index (χ1v) is 8.46. The predicted molar refractivity (Wildman–Crippen MR) is 90.4 cm³/mol. The van der Waals surface area contributed by atoms with Crippen molar-refractivity contribution in [3.05, 3.63) is 27.7 Å². The molecule has 0 bridgehead atoms. The molecule has 0 saturated heterocycles. The lowest BCUT2D eigenvalue weighted by Gasteiger charge is -2.16. The highest BCUT2D eigenvalue weighted by Crippen LogP contribution is 2.28. The Kier molecular flexibility index (Phi) is 8.24. The van der Waals surface area contributed by atoms with E-state index in [2.05, 4.69) is 61.1 Å². The van der Waals surface area contributed by atoms with E-state index in [1.807, 2.05) is 0 Å². The molecule has 1 rings (SSSR count). The van der Waals surface area contributed by atoms with Crippen LogP contribution in [0, 0.1) is 12.8 Å². The van der Waals surface area contributed by atoms with Crippen LogP contribution in [-0.2, 0) is 6.54 Å². The standard InChI is InChI=1S/C17H28BrNO/c1-5-8-19-12-15-11-16(18)10-14(4)17(15)20-9-6-7-13(2)3/h10-11,13,19H,5-9,12H2,1-4H3. The average Bonchev–Trinajstić information content (AvgIpc) is 2.36. The van der Waals surface area contributed by atoms with E-state index in [9.17, 15) is 0 Å². The van der Waals surface area contributed by atoms with Gasteiger partial charge in [-0.1, -0.05) is 36.7 Å². The van der Waals surface area contributed by atoms with Crippen LogP contribution in [-0.4, -0.2) is 13.2 Å². The molecule has 0 fully saturated rings. The van der Waals surface area contributed by atoms with E-state index in [1.54, 1.807) is 0 Å². The highest BCUT2D eigenvalue weighted by Gasteiger charge is 2.09. The van der Waals surface area contributed by atoms with Crippen molar-refractivity contribution in [1.82, 2.24) is 5.32 Å². The number of rotatable bonds is 9. The minimum atomic E-state index is 0.746. The molecule has 0 aliphatic heterocycles. The molecule has 0 aromatic heterocycles. The van der Waals surface area contributed by atoms with Crippen molar-refractivity contribution in [2.45, 2.75) is 53.5 Å². The summed E-state index contributed by atoms with van der Waals surface area (Å²) in [5, 5.41) is 3.45. The van der Waals surface area contributed by atoms with Gasteiger partial charge in [-0.05, 0) is 56.3 Å². The van der Waals surface area contributed by atoms with Crippen LogP contribution >= 0.6 is 15.9 Å². The maximum Gasteiger partial charge on any atom is 0.126 e. The molecule has 0 amide bonds. The molecule has 114 valence electrons. The third kappa shape index (κ3) is 6.27. The van der Waals surface area contributed by atoms with Crippen molar-refractivity contribution in [3.63, 3.8) is 0 Å². The molecule has 3 heteroatoms. The minimum Gasteiger partial charge on any atom is -0.493 e. The summed E-state index contributed by atoms with van der Waals surface area (Å²) in [7, 11) is 0. The van der Waals surface area contributed by atoms with Gasteiger partial charge in [-0.25, -0.2) is 0 Å². The van der Waals surface area contributed by atoms with Gasteiger partial charge in [-0.2, -0.15) is 0 Å². The average molecular weight is 342 g/mol. The summed E-state index contributed by atoms with van der Waals surface area (Å²) in [4.78, 5) is 0. The Hall–Kier alpha value is -0.540. The molecule has 1 N–H and O–H groups in total. The largest absolute Gasteiger partial charge is 0.493 e. The van der Waals surface area contributed by atoms with Crippen molar-refractivity contribution < 1.29 is 4.74 Å². The molecule has 1 aromatic rings. The van der Waals surface area contributed by atoms with E-state index < -0.39 is 0 Å². The lowest BCUT2D eigenvalue weighted by Crippen LogP contribution is -2.15. The lowest BCUT2D eigenvalue weighted by atomic mass is 10.1. The number of hydrogen-bond donors (Lipinski definition) is 1. The number of benzene rings is 1. The predicted octanol–water partition coefficient (Wildman–Crippen LogP) is 5.07. The first kappa shape index (κ1) is 17.5. The van der Waals surface area contributed by atoms with E-state index in [4.69, 9.17) is 4.74 Å². The molecule has 0 unspecified atom stereocenters. The zero-order valence-corrected chi connectivity index (χ0v) is 14.8. The highest BCUT2D eigenvalue weighted by atomic mass is 79.9. The van der Waals surface area contributed by atoms with Gasteiger partial charge in [0.2, 0.25) is 0 Å². The smallest absolute Gasteiger partial charge is 0.126 e.